The van der Waals surface area contributed by atoms with E-state index in [0.29, 0.717) is 6.54 Å². The van der Waals surface area contributed by atoms with E-state index in [1.165, 1.54) is 12.1 Å². The maximum absolute atomic E-state index is 12.9. The maximum Gasteiger partial charge on any atom is 0.123 e. The summed E-state index contributed by atoms with van der Waals surface area (Å²) in [5.74, 6) is 0.745. The monoisotopic (exact) mass is 245 g/mol. The zero-order valence-corrected chi connectivity index (χ0v) is 10.3. The van der Waals surface area contributed by atoms with Gasteiger partial charge in [0.1, 0.15) is 11.6 Å². The van der Waals surface area contributed by atoms with Crippen molar-refractivity contribution in [1.82, 2.24) is 9.97 Å². The largest absolute Gasteiger partial charge is 0.345 e. The van der Waals surface area contributed by atoms with Gasteiger partial charge in [-0.3, -0.25) is 0 Å². The van der Waals surface area contributed by atoms with Crippen LogP contribution in [0.3, 0.4) is 0 Å². The number of nitrogens with two attached hydrogens (primary N) is 1. The van der Waals surface area contributed by atoms with Crippen LogP contribution in [-0.2, 0) is 5.41 Å². The fraction of sp³-hybridized carbons (Fsp3) is 0.357. The van der Waals surface area contributed by atoms with E-state index in [9.17, 15) is 4.39 Å². The zero-order chi connectivity index (χ0) is 12.8. The molecule has 3 N–H and O–H groups in total. The minimum Gasteiger partial charge on any atom is -0.345 e. The number of halogens is 1. The van der Waals surface area contributed by atoms with Crippen LogP contribution in [0.1, 0.15) is 24.4 Å². The SMILES string of the molecule is Cc1[nH]c(C2(CN)CC2)nc1-c1ccc(F)cc1. The Morgan fingerprint density at radius 1 is 1.33 bits per heavy atom. The summed E-state index contributed by atoms with van der Waals surface area (Å²) in [7, 11) is 0. The van der Waals surface area contributed by atoms with Crippen molar-refractivity contribution in [2.24, 2.45) is 5.73 Å². The van der Waals surface area contributed by atoms with Crippen molar-refractivity contribution in [3.63, 3.8) is 0 Å². The highest BCUT2D eigenvalue weighted by atomic mass is 19.1. The summed E-state index contributed by atoms with van der Waals surface area (Å²) in [6, 6.07) is 6.42. The van der Waals surface area contributed by atoms with Gasteiger partial charge >= 0.3 is 0 Å². The second-order valence-electron chi connectivity index (χ2n) is 5.05. The standard InChI is InChI=1S/C14H16FN3/c1-9-12(10-2-4-11(15)5-3-10)18-13(17-9)14(8-16)6-7-14/h2-5H,6-8,16H2,1H3,(H,17,18). The molecule has 0 amide bonds. The van der Waals surface area contributed by atoms with Gasteiger partial charge < -0.3 is 10.7 Å². The number of aromatic amines is 1. The van der Waals surface area contributed by atoms with Crippen LogP contribution in [-0.4, -0.2) is 16.5 Å². The summed E-state index contributed by atoms with van der Waals surface area (Å²) in [6.07, 6.45) is 2.19. The molecule has 1 fully saturated rings. The Hall–Kier alpha value is -1.68. The van der Waals surface area contributed by atoms with Crippen LogP contribution in [0, 0.1) is 12.7 Å². The zero-order valence-electron chi connectivity index (χ0n) is 10.3. The van der Waals surface area contributed by atoms with E-state index in [1.54, 1.807) is 12.1 Å². The lowest BCUT2D eigenvalue weighted by Crippen LogP contribution is -2.21. The van der Waals surface area contributed by atoms with Crippen molar-refractivity contribution >= 4 is 0 Å². The van der Waals surface area contributed by atoms with E-state index in [1.807, 2.05) is 6.92 Å². The molecule has 0 saturated heterocycles. The second-order valence-corrected chi connectivity index (χ2v) is 5.05. The molecule has 1 aromatic heterocycles. The Kier molecular flexibility index (Phi) is 2.48. The molecule has 2 aromatic rings. The molecule has 1 aliphatic rings. The predicted molar refractivity (Wildman–Crippen MR) is 68.7 cm³/mol. The van der Waals surface area contributed by atoms with Crippen molar-refractivity contribution < 1.29 is 4.39 Å². The van der Waals surface area contributed by atoms with Gasteiger partial charge in [-0.15, -0.1) is 0 Å². The van der Waals surface area contributed by atoms with E-state index < -0.39 is 0 Å². The normalized spacial score (nSPS) is 16.8. The van der Waals surface area contributed by atoms with Crippen LogP contribution in [0.4, 0.5) is 4.39 Å². The first-order chi connectivity index (χ1) is 8.64. The average molecular weight is 245 g/mol. The van der Waals surface area contributed by atoms with Gasteiger partial charge in [0.15, 0.2) is 0 Å². The molecule has 0 atom stereocenters. The molecule has 0 bridgehead atoms. The lowest BCUT2D eigenvalue weighted by molar-refractivity contribution is 0.628. The predicted octanol–water partition coefficient (Wildman–Crippen LogP) is 2.51. The molecule has 0 radical (unpaired) electrons. The molecule has 1 saturated carbocycles. The number of imidazole rings is 1. The highest BCUT2D eigenvalue weighted by molar-refractivity contribution is 5.62. The summed E-state index contributed by atoms with van der Waals surface area (Å²) < 4.78 is 12.9. The van der Waals surface area contributed by atoms with Crippen molar-refractivity contribution in [2.45, 2.75) is 25.2 Å². The Morgan fingerprint density at radius 3 is 2.56 bits per heavy atom. The van der Waals surface area contributed by atoms with E-state index in [-0.39, 0.29) is 11.2 Å². The number of rotatable bonds is 3. The molecular weight excluding hydrogens is 229 g/mol. The smallest absolute Gasteiger partial charge is 0.123 e. The van der Waals surface area contributed by atoms with E-state index >= 15 is 0 Å². The van der Waals surface area contributed by atoms with Crippen molar-refractivity contribution in [3.05, 3.63) is 41.6 Å². The van der Waals surface area contributed by atoms with Gasteiger partial charge in [0, 0.05) is 23.2 Å². The van der Waals surface area contributed by atoms with E-state index in [2.05, 4.69) is 9.97 Å². The molecule has 0 unspecified atom stereocenters. The van der Waals surface area contributed by atoms with E-state index in [0.717, 1.165) is 35.6 Å². The van der Waals surface area contributed by atoms with Gasteiger partial charge in [-0.1, -0.05) is 0 Å². The third kappa shape index (κ3) is 1.73. The molecule has 1 aromatic carbocycles. The van der Waals surface area contributed by atoms with Crippen LogP contribution >= 0.6 is 0 Å². The van der Waals surface area contributed by atoms with Gasteiger partial charge in [-0.25, -0.2) is 9.37 Å². The summed E-state index contributed by atoms with van der Waals surface area (Å²) in [4.78, 5) is 7.98. The molecular formula is C14H16FN3. The maximum atomic E-state index is 12.9. The number of nitrogens with one attached hydrogen (secondary N) is 1. The third-order valence-electron chi connectivity index (χ3n) is 3.75. The molecule has 3 nitrogen and oxygen atoms in total. The number of nitrogens with zero attached hydrogens (tertiary/aromatic N) is 1. The summed E-state index contributed by atoms with van der Waals surface area (Å²) in [5.41, 5.74) is 8.71. The minimum atomic E-state index is -0.229. The number of hydrogen-bond acceptors (Lipinski definition) is 2. The second kappa shape index (κ2) is 3.92. The molecule has 4 heteroatoms. The molecule has 1 aliphatic carbocycles. The Bertz CT molecular complexity index is 567. The fourth-order valence-electron chi connectivity index (χ4n) is 2.29. The van der Waals surface area contributed by atoms with Crippen LogP contribution in [0.15, 0.2) is 24.3 Å². The number of benzene rings is 1. The van der Waals surface area contributed by atoms with Gasteiger partial charge in [0.05, 0.1) is 5.69 Å². The molecule has 1 heterocycles. The van der Waals surface area contributed by atoms with Gasteiger partial charge in [-0.2, -0.15) is 0 Å². The Balaban J connectivity index is 2.00. The molecule has 0 spiro atoms. The highest BCUT2D eigenvalue weighted by Gasteiger charge is 2.45. The first kappa shape index (κ1) is 11.4. The summed E-state index contributed by atoms with van der Waals surface area (Å²) in [5, 5.41) is 0. The Labute approximate surface area is 105 Å². The minimum absolute atomic E-state index is 0.0586. The average Bonchev–Trinajstić information content (AvgIpc) is 3.08. The van der Waals surface area contributed by atoms with Crippen molar-refractivity contribution in [1.29, 1.82) is 0 Å². The van der Waals surface area contributed by atoms with Crippen LogP contribution in [0.25, 0.3) is 11.3 Å². The first-order valence-electron chi connectivity index (χ1n) is 6.18. The number of aryl methyl sites for hydroxylation is 1. The fourth-order valence-corrected chi connectivity index (χ4v) is 2.29. The van der Waals surface area contributed by atoms with Crippen molar-refractivity contribution in [2.75, 3.05) is 6.54 Å². The number of H-pyrrole nitrogens is 1. The summed E-state index contributed by atoms with van der Waals surface area (Å²) in [6.45, 7) is 2.62. The van der Waals surface area contributed by atoms with Crippen molar-refractivity contribution in [3.8, 4) is 11.3 Å². The number of aromatic nitrogens is 2. The van der Waals surface area contributed by atoms with Crippen LogP contribution in [0.5, 0.6) is 0 Å². The van der Waals surface area contributed by atoms with E-state index in [4.69, 9.17) is 5.73 Å². The molecule has 94 valence electrons. The lowest BCUT2D eigenvalue weighted by Gasteiger charge is -2.07. The highest BCUT2D eigenvalue weighted by Crippen LogP contribution is 2.46. The van der Waals surface area contributed by atoms with Crippen LogP contribution in [0.2, 0.25) is 0 Å². The topological polar surface area (TPSA) is 54.7 Å². The Morgan fingerprint density at radius 2 is 2.00 bits per heavy atom. The van der Waals surface area contributed by atoms with Gasteiger partial charge in [0.25, 0.3) is 0 Å². The lowest BCUT2D eigenvalue weighted by atomic mass is 10.1. The number of hydrogen-bond donors (Lipinski definition) is 2. The quantitative estimate of drug-likeness (QED) is 0.873. The molecule has 3 rings (SSSR count). The van der Waals surface area contributed by atoms with Crippen LogP contribution < -0.4 is 5.73 Å². The first-order valence-corrected chi connectivity index (χ1v) is 6.18. The van der Waals surface area contributed by atoms with Gasteiger partial charge in [-0.05, 0) is 44.0 Å². The molecule has 18 heavy (non-hydrogen) atoms. The van der Waals surface area contributed by atoms with Gasteiger partial charge in [0.2, 0.25) is 0 Å². The molecule has 0 aliphatic heterocycles. The third-order valence-corrected chi connectivity index (χ3v) is 3.75. The summed E-state index contributed by atoms with van der Waals surface area (Å²) >= 11 is 0.